The fourth-order valence-corrected chi connectivity index (χ4v) is 3.12. The summed E-state index contributed by atoms with van der Waals surface area (Å²) in [4.78, 5) is 20.0. The molecule has 5 nitrogen and oxygen atoms in total. The van der Waals surface area contributed by atoms with Gasteiger partial charge in [0, 0.05) is 13.3 Å². The summed E-state index contributed by atoms with van der Waals surface area (Å²) >= 11 is 0. The minimum Gasteiger partial charge on any atom is -0.478 e. The molecule has 0 amide bonds. The molecular weight excluding hydrogens is 268 g/mol. The van der Waals surface area contributed by atoms with Gasteiger partial charge in [-0.15, -0.1) is 0 Å². The Morgan fingerprint density at radius 2 is 2.14 bits per heavy atom. The molecule has 0 spiro atoms. The molecule has 1 aliphatic rings. The smallest absolute Gasteiger partial charge is 0.339 e. The van der Waals surface area contributed by atoms with Crippen LogP contribution in [0.1, 0.15) is 73.4 Å². The van der Waals surface area contributed by atoms with Crippen LogP contribution >= 0.6 is 0 Å². The number of aryl methyl sites for hydroxylation is 1. The number of ether oxygens (including phenoxy) is 1. The molecule has 1 N–H and O–H groups in total. The van der Waals surface area contributed by atoms with Gasteiger partial charge in [-0.1, -0.05) is 32.6 Å². The summed E-state index contributed by atoms with van der Waals surface area (Å²) in [7, 11) is 1.69. The molecule has 0 aromatic carbocycles. The maximum absolute atomic E-state index is 11.2. The first-order valence-electron chi connectivity index (χ1n) is 7.79. The summed E-state index contributed by atoms with van der Waals surface area (Å²) in [6.45, 7) is 2.02. The maximum atomic E-state index is 11.2. The van der Waals surface area contributed by atoms with Crippen LogP contribution in [0.15, 0.2) is 6.20 Å². The molecule has 1 aromatic rings. The number of carboxylic acid groups (broad SMARTS) is 1. The van der Waals surface area contributed by atoms with Crippen molar-refractivity contribution >= 4 is 5.97 Å². The Bertz CT molecular complexity index is 484. The van der Waals surface area contributed by atoms with Crippen LogP contribution in [0, 0.1) is 5.92 Å². The maximum Gasteiger partial charge on any atom is 0.339 e. The quantitative estimate of drug-likeness (QED) is 0.870. The summed E-state index contributed by atoms with van der Waals surface area (Å²) in [5.41, 5.74) is 0.826. The number of hydrogen-bond acceptors (Lipinski definition) is 4. The van der Waals surface area contributed by atoms with Gasteiger partial charge in [-0.2, -0.15) is 0 Å². The largest absolute Gasteiger partial charge is 0.478 e. The van der Waals surface area contributed by atoms with Crippen molar-refractivity contribution in [2.75, 3.05) is 7.11 Å². The van der Waals surface area contributed by atoms with Crippen molar-refractivity contribution in [1.29, 1.82) is 0 Å². The van der Waals surface area contributed by atoms with Crippen LogP contribution in [0.25, 0.3) is 0 Å². The fourth-order valence-electron chi connectivity index (χ4n) is 3.12. The Labute approximate surface area is 125 Å². The first-order valence-corrected chi connectivity index (χ1v) is 7.79. The van der Waals surface area contributed by atoms with Gasteiger partial charge in [0.2, 0.25) is 0 Å². The van der Waals surface area contributed by atoms with E-state index in [0.29, 0.717) is 23.9 Å². The summed E-state index contributed by atoms with van der Waals surface area (Å²) < 4.78 is 5.64. The first kappa shape index (κ1) is 15.9. The molecular formula is C16H24N2O3. The first-order chi connectivity index (χ1) is 10.2. The van der Waals surface area contributed by atoms with E-state index in [1.807, 2.05) is 6.92 Å². The summed E-state index contributed by atoms with van der Waals surface area (Å²) in [5, 5.41) is 9.22. The Kier molecular flexibility index (Phi) is 5.67. The third-order valence-electron chi connectivity index (χ3n) is 4.19. The highest BCUT2D eigenvalue weighted by Crippen LogP contribution is 2.35. The molecule has 1 aromatic heterocycles. The number of methoxy groups -OCH3 is 1. The summed E-state index contributed by atoms with van der Waals surface area (Å²) in [6.07, 6.45) is 8.81. The molecule has 0 saturated heterocycles. The lowest BCUT2D eigenvalue weighted by Gasteiger charge is -2.28. The van der Waals surface area contributed by atoms with Crippen molar-refractivity contribution in [2.45, 2.75) is 58.0 Å². The third-order valence-corrected chi connectivity index (χ3v) is 4.19. The Morgan fingerprint density at radius 3 is 2.71 bits per heavy atom. The van der Waals surface area contributed by atoms with Crippen LogP contribution in [0.3, 0.4) is 0 Å². The van der Waals surface area contributed by atoms with Gasteiger partial charge in [-0.3, -0.25) is 0 Å². The van der Waals surface area contributed by atoms with E-state index in [2.05, 4.69) is 9.97 Å². The van der Waals surface area contributed by atoms with Gasteiger partial charge in [-0.25, -0.2) is 14.8 Å². The standard InChI is InChI=1S/C16H24N2O3/c1-3-7-13-12(16(19)20)10-17-15(18-13)14(21-2)11-8-5-4-6-9-11/h10-11,14H,3-9H2,1-2H3,(H,19,20). The van der Waals surface area contributed by atoms with Gasteiger partial charge in [-0.05, 0) is 25.2 Å². The van der Waals surface area contributed by atoms with Crippen LogP contribution in [-0.4, -0.2) is 28.2 Å². The zero-order valence-corrected chi connectivity index (χ0v) is 12.8. The van der Waals surface area contributed by atoms with E-state index >= 15 is 0 Å². The van der Waals surface area contributed by atoms with E-state index in [0.717, 1.165) is 19.3 Å². The van der Waals surface area contributed by atoms with Gasteiger partial charge in [0.15, 0.2) is 5.82 Å². The van der Waals surface area contributed by atoms with Crippen molar-refractivity contribution < 1.29 is 14.6 Å². The number of carbonyl (C=O) groups is 1. The molecule has 0 bridgehead atoms. The molecule has 1 saturated carbocycles. The zero-order valence-electron chi connectivity index (χ0n) is 12.8. The predicted molar refractivity (Wildman–Crippen MR) is 79.3 cm³/mol. The van der Waals surface area contributed by atoms with Gasteiger partial charge >= 0.3 is 5.97 Å². The molecule has 1 unspecified atom stereocenters. The molecule has 1 atom stereocenters. The predicted octanol–water partition coefficient (Wildman–Crippen LogP) is 3.40. The number of rotatable bonds is 6. The molecule has 1 heterocycles. The average Bonchev–Trinajstić information content (AvgIpc) is 2.49. The van der Waals surface area contributed by atoms with Crippen molar-refractivity contribution in [2.24, 2.45) is 5.92 Å². The van der Waals surface area contributed by atoms with Crippen LogP contribution in [0.4, 0.5) is 0 Å². The third kappa shape index (κ3) is 3.79. The normalized spacial score (nSPS) is 17.6. The molecule has 1 aliphatic carbocycles. The zero-order chi connectivity index (χ0) is 15.2. The number of aromatic nitrogens is 2. The minimum absolute atomic E-state index is 0.122. The van der Waals surface area contributed by atoms with Crippen molar-refractivity contribution in [3.05, 3.63) is 23.3 Å². The average molecular weight is 292 g/mol. The number of aromatic carboxylic acids is 1. The van der Waals surface area contributed by atoms with Gasteiger partial charge in [0.05, 0.1) is 11.3 Å². The number of hydrogen-bond donors (Lipinski definition) is 1. The summed E-state index contributed by atoms with van der Waals surface area (Å²) in [5.74, 6) is 0.114. The fraction of sp³-hybridized carbons (Fsp3) is 0.688. The van der Waals surface area contributed by atoms with Crippen molar-refractivity contribution in [3.8, 4) is 0 Å². The van der Waals surface area contributed by atoms with E-state index in [4.69, 9.17) is 4.74 Å². The van der Waals surface area contributed by atoms with E-state index in [9.17, 15) is 9.90 Å². The van der Waals surface area contributed by atoms with E-state index in [1.165, 1.54) is 25.5 Å². The molecule has 116 valence electrons. The highest BCUT2D eigenvalue weighted by Gasteiger charge is 2.28. The molecule has 1 fully saturated rings. The molecule has 0 radical (unpaired) electrons. The molecule has 21 heavy (non-hydrogen) atoms. The van der Waals surface area contributed by atoms with Gasteiger partial charge < -0.3 is 9.84 Å². The van der Waals surface area contributed by atoms with Crippen molar-refractivity contribution in [3.63, 3.8) is 0 Å². The second kappa shape index (κ2) is 7.50. The van der Waals surface area contributed by atoms with Crippen molar-refractivity contribution in [1.82, 2.24) is 9.97 Å². The van der Waals surface area contributed by atoms with Crippen LogP contribution < -0.4 is 0 Å². The Morgan fingerprint density at radius 1 is 1.43 bits per heavy atom. The molecule has 5 heteroatoms. The van der Waals surface area contributed by atoms with Crippen LogP contribution in [0.5, 0.6) is 0 Å². The lowest BCUT2D eigenvalue weighted by atomic mass is 9.85. The molecule has 0 aliphatic heterocycles. The van der Waals surface area contributed by atoms with Crippen LogP contribution in [0.2, 0.25) is 0 Å². The van der Waals surface area contributed by atoms with Gasteiger partial charge in [0.25, 0.3) is 0 Å². The lowest BCUT2D eigenvalue weighted by Crippen LogP contribution is -2.21. The SMILES string of the molecule is CCCc1nc(C(OC)C2CCCCC2)ncc1C(=O)O. The lowest BCUT2D eigenvalue weighted by molar-refractivity contribution is 0.0286. The second-order valence-corrected chi connectivity index (χ2v) is 5.70. The second-order valence-electron chi connectivity index (χ2n) is 5.70. The van der Waals surface area contributed by atoms with E-state index in [1.54, 1.807) is 7.11 Å². The highest BCUT2D eigenvalue weighted by molar-refractivity contribution is 5.88. The molecule has 2 rings (SSSR count). The van der Waals surface area contributed by atoms with Gasteiger partial charge in [0.1, 0.15) is 6.10 Å². The Hall–Kier alpha value is -1.49. The highest BCUT2D eigenvalue weighted by atomic mass is 16.5. The summed E-state index contributed by atoms with van der Waals surface area (Å²) in [6, 6.07) is 0. The van der Waals surface area contributed by atoms with E-state index in [-0.39, 0.29) is 11.7 Å². The van der Waals surface area contributed by atoms with E-state index < -0.39 is 5.97 Å². The Balaban J connectivity index is 2.28. The van der Waals surface area contributed by atoms with Crippen LogP contribution in [-0.2, 0) is 11.2 Å². The monoisotopic (exact) mass is 292 g/mol. The minimum atomic E-state index is -0.961. The number of carboxylic acids is 1. The topological polar surface area (TPSA) is 72.3 Å². The number of nitrogens with zero attached hydrogens (tertiary/aromatic N) is 2.